The monoisotopic (exact) mass is 243 g/mol. The van der Waals surface area contributed by atoms with E-state index in [9.17, 15) is 0 Å². The van der Waals surface area contributed by atoms with Gasteiger partial charge in [0.05, 0.1) is 12.5 Å². The first-order chi connectivity index (χ1) is 8.69. The third kappa shape index (κ3) is 3.23. The van der Waals surface area contributed by atoms with Crippen molar-refractivity contribution in [3.8, 4) is 0 Å². The molecule has 2 heteroatoms. The van der Waals surface area contributed by atoms with Gasteiger partial charge in [0.2, 0.25) is 0 Å². The van der Waals surface area contributed by atoms with Crippen LogP contribution in [0.3, 0.4) is 0 Å². The van der Waals surface area contributed by atoms with Crippen molar-refractivity contribution in [3.05, 3.63) is 59.0 Å². The van der Waals surface area contributed by atoms with E-state index in [1.165, 1.54) is 22.3 Å². The summed E-state index contributed by atoms with van der Waals surface area (Å²) in [4.78, 5) is 0. The summed E-state index contributed by atoms with van der Waals surface area (Å²) in [5, 5.41) is 3.51. The van der Waals surface area contributed by atoms with Gasteiger partial charge in [-0.1, -0.05) is 36.2 Å². The fourth-order valence-electron chi connectivity index (χ4n) is 2.45. The first-order valence-electron chi connectivity index (χ1n) is 6.51. The highest BCUT2D eigenvalue weighted by Gasteiger charge is 2.12. The molecule has 0 aliphatic heterocycles. The van der Waals surface area contributed by atoms with Gasteiger partial charge in [-0.05, 0) is 38.4 Å². The highest BCUT2D eigenvalue weighted by atomic mass is 16.3. The van der Waals surface area contributed by atoms with Crippen molar-refractivity contribution in [2.75, 3.05) is 6.54 Å². The molecule has 0 radical (unpaired) electrons. The van der Waals surface area contributed by atoms with Crippen LogP contribution in [0, 0.1) is 13.8 Å². The molecule has 0 bridgehead atoms. The summed E-state index contributed by atoms with van der Waals surface area (Å²) in [5.41, 5.74) is 5.25. The predicted octanol–water partition coefficient (Wildman–Crippen LogP) is 3.79. The minimum absolute atomic E-state index is 0.329. The van der Waals surface area contributed by atoms with Crippen LogP contribution in [0.2, 0.25) is 0 Å². The molecule has 0 saturated heterocycles. The zero-order valence-corrected chi connectivity index (χ0v) is 11.4. The van der Waals surface area contributed by atoms with Crippen molar-refractivity contribution < 1.29 is 4.42 Å². The fourth-order valence-corrected chi connectivity index (χ4v) is 2.45. The van der Waals surface area contributed by atoms with E-state index in [0.29, 0.717) is 6.04 Å². The smallest absolute Gasteiger partial charge is 0.0950 e. The molecule has 0 saturated carbocycles. The molecule has 1 atom stereocenters. The second-order valence-electron chi connectivity index (χ2n) is 4.87. The van der Waals surface area contributed by atoms with Crippen LogP contribution in [0.4, 0.5) is 0 Å². The molecule has 2 nitrogen and oxygen atoms in total. The van der Waals surface area contributed by atoms with Crippen LogP contribution < -0.4 is 5.32 Å². The number of hydrogen-bond acceptors (Lipinski definition) is 2. The second kappa shape index (κ2) is 5.87. The van der Waals surface area contributed by atoms with E-state index in [4.69, 9.17) is 4.42 Å². The number of furan rings is 1. The molecular formula is C16H21NO. The van der Waals surface area contributed by atoms with Gasteiger partial charge < -0.3 is 9.73 Å². The van der Waals surface area contributed by atoms with E-state index in [1.54, 1.807) is 6.26 Å². The minimum atomic E-state index is 0.329. The lowest BCUT2D eigenvalue weighted by Crippen LogP contribution is -2.22. The lowest BCUT2D eigenvalue weighted by molar-refractivity contribution is 0.525. The molecular weight excluding hydrogens is 222 g/mol. The largest absolute Gasteiger partial charge is 0.472 e. The molecule has 2 rings (SSSR count). The second-order valence-corrected chi connectivity index (χ2v) is 4.87. The number of hydrogen-bond donors (Lipinski definition) is 1. The zero-order chi connectivity index (χ0) is 13.0. The summed E-state index contributed by atoms with van der Waals surface area (Å²) >= 11 is 0. The van der Waals surface area contributed by atoms with Gasteiger partial charge in [0.1, 0.15) is 0 Å². The van der Waals surface area contributed by atoms with Gasteiger partial charge in [-0.2, -0.15) is 0 Å². The van der Waals surface area contributed by atoms with Crippen LogP contribution in [-0.4, -0.2) is 6.54 Å². The van der Waals surface area contributed by atoms with Crippen LogP contribution in [0.15, 0.2) is 41.2 Å². The summed E-state index contributed by atoms with van der Waals surface area (Å²) in [6.07, 6.45) is 4.56. The van der Waals surface area contributed by atoms with Gasteiger partial charge in [-0.3, -0.25) is 0 Å². The van der Waals surface area contributed by atoms with Crippen molar-refractivity contribution in [2.45, 2.75) is 33.2 Å². The lowest BCUT2D eigenvalue weighted by atomic mass is 9.98. The molecule has 1 aromatic heterocycles. The average Bonchev–Trinajstić information content (AvgIpc) is 2.80. The Labute approximate surface area is 109 Å². The number of likely N-dealkylation sites (N-methyl/N-ethyl adjacent to an activating group) is 1. The Morgan fingerprint density at radius 3 is 2.44 bits per heavy atom. The fraction of sp³-hybridized carbons (Fsp3) is 0.375. The van der Waals surface area contributed by atoms with Crippen molar-refractivity contribution in [1.29, 1.82) is 0 Å². The van der Waals surface area contributed by atoms with E-state index < -0.39 is 0 Å². The number of benzene rings is 1. The summed E-state index contributed by atoms with van der Waals surface area (Å²) in [7, 11) is 0. The van der Waals surface area contributed by atoms with Crippen LogP contribution in [0.1, 0.15) is 35.2 Å². The van der Waals surface area contributed by atoms with Gasteiger partial charge in [0.25, 0.3) is 0 Å². The van der Waals surface area contributed by atoms with E-state index >= 15 is 0 Å². The number of aryl methyl sites for hydroxylation is 2. The van der Waals surface area contributed by atoms with Crippen LogP contribution in [-0.2, 0) is 6.42 Å². The molecule has 0 fully saturated rings. The third-order valence-corrected chi connectivity index (χ3v) is 3.12. The van der Waals surface area contributed by atoms with E-state index in [-0.39, 0.29) is 0 Å². The van der Waals surface area contributed by atoms with Crippen molar-refractivity contribution >= 4 is 0 Å². The minimum Gasteiger partial charge on any atom is -0.472 e. The van der Waals surface area contributed by atoms with Gasteiger partial charge in [0, 0.05) is 11.6 Å². The normalized spacial score (nSPS) is 12.6. The average molecular weight is 243 g/mol. The summed E-state index contributed by atoms with van der Waals surface area (Å²) in [6, 6.07) is 9.10. The Hall–Kier alpha value is -1.54. The molecule has 1 N–H and O–H groups in total. The standard InChI is InChI=1S/C16H21NO/c1-4-17-16(15-5-6-18-11-15)10-14-8-12(2)7-13(3)9-14/h5-9,11,16-17H,4,10H2,1-3H3. The lowest BCUT2D eigenvalue weighted by Gasteiger charge is -2.17. The maximum atomic E-state index is 5.19. The van der Waals surface area contributed by atoms with Crippen LogP contribution in [0.5, 0.6) is 0 Å². The Morgan fingerprint density at radius 1 is 1.17 bits per heavy atom. The Balaban J connectivity index is 2.18. The van der Waals surface area contributed by atoms with Crippen LogP contribution in [0.25, 0.3) is 0 Å². The predicted molar refractivity (Wildman–Crippen MR) is 74.7 cm³/mol. The molecule has 1 unspecified atom stereocenters. The Morgan fingerprint density at radius 2 is 1.89 bits per heavy atom. The molecule has 0 spiro atoms. The number of rotatable bonds is 5. The zero-order valence-electron chi connectivity index (χ0n) is 11.4. The van der Waals surface area contributed by atoms with Crippen molar-refractivity contribution in [2.24, 2.45) is 0 Å². The highest BCUT2D eigenvalue weighted by molar-refractivity contribution is 5.30. The third-order valence-electron chi connectivity index (χ3n) is 3.12. The molecule has 1 heterocycles. The SMILES string of the molecule is CCNC(Cc1cc(C)cc(C)c1)c1ccoc1. The Kier molecular flexibility index (Phi) is 4.21. The molecule has 2 aromatic rings. The van der Waals surface area contributed by atoms with Gasteiger partial charge in [0.15, 0.2) is 0 Å². The van der Waals surface area contributed by atoms with E-state index in [2.05, 4.69) is 44.3 Å². The molecule has 0 amide bonds. The molecule has 1 aromatic carbocycles. The van der Waals surface area contributed by atoms with Crippen LogP contribution >= 0.6 is 0 Å². The molecule has 96 valence electrons. The first kappa shape index (κ1) is 12.9. The highest BCUT2D eigenvalue weighted by Crippen LogP contribution is 2.20. The van der Waals surface area contributed by atoms with Gasteiger partial charge in [-0.25, -0.2) is 0 Å². The van der Waals surface area contributed by atoms with Gasteiger partial charge in [-0.15, -0.1) is 0 Å². The van der Waals surface area contributed by atoms with Gasteiger partial charge >= 0.3 is 0 Å². The van der Waals surface area contributed by atoms with Crippen molar-refractivity contribution in [3.63, 3.8) is 0 Å². The van der Waals surface area contributed by atoms with E-state index in [0.717, 1.165) is 13.0 Å². The molecule has 0 aliphatic rings. The molecule has 0 aliphatic carbocycles. The summed E-state index contributed by atoms with van der Waals surface area (Å²) in [5.74, 6) is 0. The quantitative estimate of drug-likeness (QED) is 0.864. The summed E-state index contributed by atoms with van der Waals surface area (Å²) in [6.45, 7) is 7.39. The molecule has 18 heavy (non-hydrogen) atoms. The summed E-state index contributed by atoms with van der Waals surface area (Å²) < 4.78 is 5.19. The first-order valence-corrected chi connectivity index (χ1v) is 6.51. The van der Waals surface area contributed by atoms with Crippen molar-refractivity contribution in [1.82, 2.24) is 5.32 Å². The van der Waals surface area contributed by atoms with E-state index in [1.807, 2.05) is 12.3 Å². The number of nitrogens with one attached hydrogen (secondary N) is 1. The maximum Gasteiger partial charge on any atom is 0.0950 e. The maximum absolute atomic E-state index is 5.19. The Bertz CT molecular complexity index is 468. The topological polar surface area (TPSA) is 25.2 Å².